The van der Waals surface area contributed by atoms with Gasteiger partial charge in [0.1, 0.15) is 0 Å². The summed E-state index contributed by atoms with van der Waals surface area (Å²) >= 11 is 6.96. The third-order valence-corrected chi connectivity index (χ3v) is 5.90. The van der Waals surface area contributed by atoms with Crippen molar-refractivity contribution in [3.63, 3.8) is 0 Å². The van der Waals surface area contributed by atoms with Crippen molar-refractivity contribution >= 4 is 47.4 Å². The van der Waals surface area contributed by atoms with Crippen LogP contribution in [0.1, 0.15) is 12.0 Å². The molecule has 1 aromatic rings. The van der Waals surface area contributed by atoms with E-state index in [2.05, 4.69) is 48.9 Å². The standard InChI is InChI=1S/C12H15Br2NO2S/c13-9-10-2-3-11(14)8-12(10)15-4-1-6-18(16,17)7-5-15/h2-3,8H,1,4-7,9H2. The zero-order chi connectivity index (χ0) is 13.2. The van der Waals surface area contributed by atoms with E-state index < -0.39 is 9.84 Å². The van der Waals surface area contributed by atoms with Crippen LogP contribution in [0.2, 0.25) is 0 Å². The van der Waals surface area contributed by atoms with Gasteiger partial charge in [-0.3, -0.25) is 0 Å². The van der Waals surface area contributed by atoms with E-state index in [4.69, 9.17) is 0 Å². The van der Waals surface area contributed by atoms with Crippen molar-refractivity contribution in [3.05, 3.63) is 28.2 Å². The van der Waals surface area contributed by atoms with Gasteiger partial charge < -0.3 is 4.90 Å². The molecule has 1 heterocycles. The van der Waals surface area contributed by atoms with E-state index in [0.717, 1.165) is 22.0 Å². The molecule has 0 unspecified atom stereocenters. The van der Waals surface area contributed by atoms with Crippen molar-refractivity contribution in [1.82, 2.24) is 0 Å². The lowest BCUT2D eigenvalue weighted by molar-refractivity contribution is 0.597. The molecule has 1 fully saturated rings. The number of alkyl halides is 1. The molecule has 100 valence electrons. The van der Waals surface area contributed by atoms with Gasteiger partial charge in [-0.2, -0.15) is 0 Å². The lowest BCUT2D eigenvalue weighted by atomic mass is 10.2. The number of benzene rings is 1. The molecule has 0 aliphatic carbocycles. The molecule has 0 amide bonds. The Morgan fingerprint density at radius 2 is 2.00 bits per heavy atom. The number of sulfone groups is 1. The Labute approximate surface area is 125 Å². The van der Waals surface area contributed by atoms with Crippen LogP contribution in [-0.4, -0.2) is 33.0 Å². The minimum absolute atomic E-state index is 0.251. The maximum atomic E-state index is 11.6. The number of anilines is 1. The predicted molar refractivity (Wildman–Crippen MR) is 82.3 cm³/mol. The van der Waals surface area contributed by atoms with Crippen molar-refractivity contribution in [3.8, 4) is 0 Å². The van der Waals surface area contributed by atoms with E-state index in [1.165, 1.54) is 5.56 Å². The molecule has 1 aliphatic rings. The van der Waals surface area contributed by atoms with Crippen molar-refractivity contribution in [1.29, 1.82) is 0 Å². The van der Waals surface area contributed by atoms with Crippen LogP contribution in [0.4, 0.5) is 5.69 Å². The normalized spacial score (nSPS) is 19.6. The molecule has 6 heteroatoms. The molecule has 0 bridgehead atoms. The highest BCUT2D eigenvalue weighted by Gasteiger charge is 2.20. The van der Waals surface area contributed by atoms with Crippen LogP contribution in [0.3, 0.4) is 0 Å². The van der Waals surface area contributed by atoms with E-state index in [9.17, 15) is 8.42 Å². The summed E-state index contributed by atoms with van der Waals surface area (Å²) in [5, 5.41) is 0.777. The average Bonchev–Trinajstić information content (AvgIpc) is 2.50. The van der Waals surface area contributed by atoms with E-state index in [1.54, 1.807) is 0 Å². The second-order valence-electron chi connectivity index (χ2n) is 4.40. The second-order valence-corrected chi connectivity index (χ2v) is 8.18. The summed E-state index contributed by atoms with van der Waals surface area (Å²) in [5.74, 6) is 0.558. The molecule has 0 radical (unpaired) electrons. The summed E-state index contributed by atoms with van der Waals surface area (Å²) in [6, 6.07) is 6.14. The van der Waals surface area contributed by atoms with Crippen molar-refractivity contribution in [2.45, 2.75) is 11.8 Å². The number of hydrogen-bond donors (Lipinski definition) is 0. The van der Waals surface area contributed by atoms with Gasteiger partial charge in [0.25, 0.3) is 0 Å². The first-order valence-corrected chi connectivity index (χ1v) is 9.55. The Kier molecular flexibility index (Phi) is 4.72. The fraction of sp³-hybridized carbons (Fsp3) is 0.500. The maximum Gasteiger partial charge on any atom is 0.152 e. The third-order valence-electron chi connectivity index (χ3n) is 3.09. The Hall–Kier alpha value is -0.0700. The van der Waals surface area contributed by atoms with E-state index >= 15 is 0 Å². The van der Waals surface area contributed by atoms with Crippen LogP contribution in [0.15, 0.2) is 22.7 Å². The number of halogens is 2. The molecular formula is C12H15Br2NO2S. The van der Waals surface area contributed by atoms with Gasteiger partial charge >= 0.3 is 0 Å². The van der Waals surface area contributed by atoms with E-state index in [1.807, 2.05) is 6.07 Å². The second kappa shape index (κ2) is 5.92. The highest BCUT2D eigenvalue weighted by molar-refractivity contribution is 9.10. The molecule has 0 spiro atoms. The predicted octanol–water partition coefficient (Wildman–Crippen LogP) is 2.97. The fourth-order valence-electron chi connectivity index (χ4n) is 2.12. The molecule has 1 saturated heterocycles. The molecule has 1 aromatic carbocycles. The van der Waals surface area contributed by atoms with Crippen LogP contribution < -0.4 is 4.90 Å². The highest BCUT2D eigenvalue weighted by atomic mass is 79.9. The lowest BCUT2D eigenvalue weighted by Crippen LogP contribution is -2.27. The minimum atomic E-state index is -2.85. The molecule has 0 saturated carbocycles. The van der Waals surface area contributed by atoms with Gasteiger partial charge in [0.05, 0.1) is 11.5 Å². The largest absolute Gasteiger partial charge is 0.370 e. The van der Waals surface area contributed by atoms with Crippen LogP contribution in [0.25, 0.3) is 0 Å². The maximum absolute atomic E-state index is 11.6. The smallest absolute Gasteiger partial charge is 0.152 e. The van der Waals surface area contributed by atoms with E-state index in [-0.39, 0.29) is 5.75 Å². The van der Waals surface area contributed by atoms with E-state index in [0.29, 0.717) is 18.7 Å². The molecule has 0 aromatic heterocycles. The van der Waals surface area contributed by atoms with Crippen molar-refractivity contribution in [2.75, 3.05) is 29.5 Å². The van der Waals surface area contributed by atoms with Gasteiger partial charge in [-0.15, -0.1) is 0 Å². The summed E-state index contributed by atoms with van der Waals surface area (Å²) in [7, 11) is -2.85. The Bertz CT molecular complexity index is 531. The first-order chi connectivity index (χ1) is 8.52. The molecule has 0 N–H and O–H groups in total. The van der Waals surface area contributed by atoms with Gasteiger partial charge in [0, 0.05) is 28.6 Å². The van der Waals surface area contributed by atoms with Gasteiger partial charge in [-0.1, -0.05) is 37.9 Å². The quantitative estimate of drug-likeness (QED) is 0.721. The Balaban J connectivity index is 2.28. The number of nitrogens with zero attached hydrogens (tertiary/aromatic N) is 1. The molecular weight excluding hydrogens is 382 g/mol. The van der Waals surface area contributed by atoms with Crippen molar-refractivity contribution < 1.29 is 8.42 Å². The first kappa shape index (κ1) is 14.3. The topological polar surface area (TPSA) is 37.4 Å². The number of hydrogen-bond acceptors (Lipinski definition) is 3. The number of rotatable bonds is 2. The summed E-state index contributed by atoms with van der Waals surface area (Å²) in [4.78, 5) is 2.17. The van der Waals surface area contributed by atoms with Crippen molar-refractivity contribution in [2.24, 2.45) is 0 Å². The fourth-order valence-corrected chi connectivity index (χ4v) is 4.22. The minimum Gasteiger partial charge on any atom is -0.370 e. The average molecular weight is 397 g/mol. The summed E-state index contributed by atoms with van der Waals surface area (Å²) in [5.41, 5.74) is 2.32. The molecule has 3 nitrogen and oxygen atoms in total. The summed E-state index contributed by atoms with van der Waals surface area (Å²) in [6.07, 6.45) is 0.705. The molecule has 18 heavy (non-hydrogen) atoms. The zero-order valence-corrected chi connectivity index (χ0v) is 13.9. The van der Waals surface area contributed by atoms with Gasteiger partial charge in [-0.25, -0.2) is 8.42 Å². The SMILES string of the molecule is O=S1(=O)CCCN(c2cc(Br)ccc2CBr)CC1. The monoisotopic (exact) mass is 395 g/mol. The van der Waals surface area contributed by atoms with Gasteiger partial charge in [0.15, 0.2) is 9.84 Å². The molecule has 0 atom stereocenters. The first-order valence-electron chi connectivity index (χ1n) is 5.81. The Morgan fingerprint density at radius 3 is 2.72 bits per heavy atom. The van der Waals surface area contributed by atoms with Gasteiger partial charge in [-0.05, 0) is 24.1 Å². The lowest BCUT2D eigenvalue weighted by Gasteiger charge is -2.24. The van der Waals surface area contributed by atoms with Crippen LogP contribution in [-0.2, 0) is 15.2 Å². The zero-order valence-electron chi connectivity index (χ0n) is 9.90. The summed E-state index contributed by atoms with van der Waals surface area (Å²) in [6.45, 7) is 1.38. The third kappa shape index (κ3) is 3.48. The van der Waals surface area contributed by atoms with Crippen LogP contribution in [0.5, 0.6) is 0 Å². The highest BCUT2D eigenvalue weighted by Crippen LogP contribution is 2.28. The molecule has 1 aliphatic heterocycles. The van der Waals surface area contributed by atoms with Crippen LogP contribution in [0, 0.1) is 0 Å². The van der Waals surface area contributed by atoms with Crippen LogP contribution >= 0.6 is 31.9 Å². The van der Waals surface area contributed by atoms with Gasteiger partial charge in [0.2, 0.25) is 0 Å². The Morgan fingerprint density at radius 1 is 1.22 bits per heavy atom. The molecule has 2 rings (SSSR count). The summed E-state index contributed by atoms with van der Waals surface area (Å²) < 4.78 is 24.3.